The summed E-state index contributed by atoms with van der Waals surface area (Å²) in [6.45, 7) is 4.74. The van der Waals surface area contributed by atoms with Crippen LogP contribution in [0.4, 0.5) is 4.79 Å². The first kappa shape index (κ1) is 25.7. The predicted octanol–water partition coefficient (Wildman–Crippen LogP) is 3.03. The van der Waals surface area contributed by atoms with E-state index in [0.717, 1.165) is 22.3 Å². The number of esters is 1. The highest BCUT2D eigenvalue weighted by Gasteiger charge is 2.35. The number of carbonyl (C=O) groups is 4. The van der Waals surface area contributed by atoms with E-state index < -0.39 is 35.9 Å². The summed E-state index contributed by atoms with van der Waals surface area (Å²) >= 11 is 0. The van der Waals surface area contributed by atoms with Crippen molar-refractivity contribution >= 4 is 23.9 Å². The number of nitrogens with one attached hydrogen (secondary N) is 1. The summed E-state index contributed by atoms with van der Waals surface area (Å²) in [5.41, 5.74) is 4.20. The van der Waals surface area contributed by atoms with Gasteiger partial charge in [0.15, 0.2) is 0 Å². The summed E-state index contributed by atoms with van der Waals surface area (Å²) in [7, 11) is 0. The van der Waals surface area contributed by atoms with Crippen molar-refractivity contribution in [3.8, 4) is 11.1 Å². The Morgan fingerprint density at radius 2 is 1.54 bits per heavy atom. The van der Waals surface area contributed by atoms with Crippen molar-refractivity contribution in [2.45, 2.75) is 32.7 Å². The Hall–Kier alpha value is -3.88. The number of fused-ring (bicyclic) bond motifs is 3. The van der Waals surface area contributed by atoms with Crippen LogP contribution in [-0.2, 0) is 23.9 Å². The molecule has 35 heavy (non-hydrogen) atoms. The molecule has 1 aliphatic rings. The summed E-state index contributed by atoms with van der Waals surface area (Å²) in [6, 6.07) is 14.1. The lowest BCUT2D eigenvalue weighted by molar-refractivity contribution is -0.152. The fraction of sp³-hybridized carbons (Fsp3) is 0.385. The molecule has 0 radical (unpaired) electrons. The van der Waals surface area contributed by atoms with Crippen LogP contribution in [0.15, 0.2) is 48.5 Å². The van der Waals surface area contributed by atoms with Gasteiger partial charge in [-0.25, -0.2) is 9.59 Å². The number of alkyl carbamates (subject to hydrolysis) is 1. The van der Waals surface area contributed by atoms with Crippen LogP contribution < -0.4 is 5.32 Å². The molecule has 0 heterocycles. The lowest BCUT2D eigenvalue weighted by atomic mass is 9.98. The number of likely N-dealkylation sites (N-methyl/N-ethyl adjacent to an activating group) is 1. The molecule has 0 fully saturated rings. The van der Waals surface area contributed by atoms with Gasteiger partial charge in [0.25, 0.3) is 5.91 Å². The van der Waals surface area contributed by atoms with Crippen molar-refractivity contribution in [3.63, 3.8) is 0 Å². The molecular formula is C26H30N2O7. The summed E-state index contributed by atoms with van der Waals surface area (Å²) < 4.78 is 10.4. The number of ether oxygens (including phenoxy) is 2. The molecule has 1 aliphatic carbocycles. The zero-order chi connectivity index (χ0) is 25.5. The SMILES string of the molecule is CCOC(=O)C(NC(=O)OCC1c2ccccc2-c2ccccc21)C(=O)N(CC)CC(C)C(=O)O. The van der Waals surface area contributed by atoms with E-state index >= 15 is 0 Å². The van der Waals surface area contributed by atoms with Gasteiger partial charge < -0.3 is 19.5 Å². The monoisotopic (exact) mass is 482 g/mol. The van der Waals surface area contributed by atoms with Gasteiger partial charge in [0.1, 0.15) is 6.61 Å². The second kappa shape index (κ2) is 11.5. The molecule has 2 amide bonds. The zero-order valence-electron chi connectivity index (χ0n) is 20.0. The number of carboxylic acids is 1. The smallest absolute Gasteiger partial charge is 0.408 e. The number of rotatable bonds is 10. The standard InChI is InChI=1S/C26H30N2O7/c1-4-28(14-16(3)24(30)31)23(29)22(25(32)34-5-2)27-26(33)35-15-21-19-12-8-6-10-17(19)18-11-7-9-13-20(18)21/h6-13,16,21-22H,4-5,14-15H2,1-3H3,(H,27,33)(H,30,31). The highest BCUT2D eigenvalue weighted by molar-refractivity contribution is 6.04. The Balaban J connectivity index is 1.72. The van der Waals surface area contributed by atoms with Crippen molar-refractivity contribution in [2.75, 3.05) is 26.3 Å². The molecule has 0 bridgehead atoms. The van der Waals surface area contributed by atoms with E-state index in [-0.39, 0.29) is 32.2 Å². The fourth-order valence-electron chi connectivity index (χ4n) is 4.17. The minimum absolute atomic E-state index is 0.00658. The molecule has 2 atom stereocenters. The van der Waals surface area contributed by atoms with Crippen molar-refractivity contribution in [2.24, 2.45) is 5.92 Å². The number of carbonyl (C=O) groups excluding carboxylic acids is 3. The van der Waals surface area contributed by atoms with Gasteiger partial charge in [-0.05, 0) is 36.1 Å². The number of amides is 2. The van der Waals surface area contributed by atoms with E-state index in [9.17, 15) is 24.3 Å². The third-order valence-corrected chi connectivity index (χ3v) is 5.98. The number of benzene rings is 2. The predicted molar refractivity (Wildman–Crippen MR) is 128 cm³/mol. The first-order valence-electron chi connectivity index (χ1n) is 11.6. The number of hydrogen-bond donors (Lipinski definition) is 2. The van der Waals surface area contributed by atoms with Crippen LogP contribution in [0.3, 0.4) is 0 Å². The molecule has 2 aromatic carbocycles. The van der Waals surface area contributed by atoms with Crippen LogP contribution in [0.1, 0.15) is 37.8 Å². The average molecular weight is 483 g/mol. The van der Waals surface area contributed by atoms with E-state index in [2.05, 4.69) is 5.32 Å². The van der Waals surface area contributed by atoms with E-state index in [1.54, 1.807) is 13.8 Å². The average Bonchev–Trinajstić information content (AvgIpc) is 3.17. The lowest BCUT2D eigenvalue weighted by Crippen LogP contribution is -2.54. The molecular weight excluding hydrogens is 452 g/mol. The minimum atomic E-state index is -1.65. The second-order valence-electron chi connectivity index (χ2n) is 8.27. The van der Waals surface area contributed by atoms with Crippen LogP contribution in [0, 0.1) is 5.92 Å². The first-order chi connectivity index (χ1) is 16.8. The second-order valence-corrected chi connectivity index (χ2v) is 8.27. The van der Waals surface area contributed by atoms with E-state index in [4.69, 9.17) is 9.47 Å². The maximum Gasteiger partial charge on any atom is 0.408 e. The Kier molecular flexibility index (Phi) is 8.46. The van der Waals surface area contributed by atoms with Crippen LogP contribution >= 0.6 is 0 Å². The van der Waals surface area contributed by atoms with Crippen molar-refractivity contribution < 1.29 is 33.8 Å². The molecule has 0 aliphatic heterocycles. The summed E-state index contributed by atoms with van der Waals surface area (Å²) in [4.78, 5) is 50.6. The highest BCUT2D eigenvalue weighted by Crippen LogP contribution is 2.44. The lowest BCUT2D eigenvalue weighted by Gasteiger charge is -2.27. The quantitative estimate of drug-likeness (QED) is 0.394. The molecule has 3 rings (SSSR count). The van der Waals surface area contributed by atoms with Crippen LogP contribution in [0.2, 0.25) is 0 Å². The number of nitrogens with zero attached hydrogens (tertiary/aromatic N) is 1. The normalized spacial score (nSPS) is 13.7. The topological polar surface area (TPSA) is 122 Å². The summed E-state index contributed by atoms with van der Waals surface area (Å²) in [6.07, 6.45) is -0.944. The molecule has 2 unspecified atom stereocenters. The molecule has 0 spiro atoms. The Labute approximate surface area is 204 Å². The first-order valence-corrected chi connectivity index (χ1v) is 11.6. The number of carboxylic acid groups (broad SMARTS) is 1. The van der Waals surface area contributed by atoms with Gasteiger partial charge in [0, 0.05) is 19.0 Å². The third kappa shape index (κ3) is 5.79. The van der Waals surface area contributed by atoms with E-state index in [0.29, 0.717) is 0 Å². The maximum absolute atomic E-state index is 13.0. The summed E-state index contributed by atoms with van der Waals surface area (Å²) in [5.74, 6) is -3.81. The molecule has 0 saturated carbocycles. The van der Waals surface area contributed by atoms with Gasteiger partial charge in [0.2, 0.25) is 6.04 Å². The number of hydrogen-bond acceptors (Lipinski definition) is 6. The largest absolute Gasteiger partial charge is 0.481 e. The molecule has 2 aromatic rings. The molecule has 0 saturated heterocycles. The van der Waals surface area contributed by atoms with Crippen molar-refractivity contribution in [3.05, 3.63) is 59.7 Å². The van der Waals surface area contributed by atoms with Crippen molar-refractivity contribution in [1.82, 2.24) is 10.2 Å². The minimum Gasteiger partial charge on any atom is -0.481 e. The molecule has 2 N–H and O–H groups in total. The van der Waals surface area contributed by atoms with Gasteiger partial charge in [-0.15, -0.1) is 0 Å². The maximum atomic E-state index is 13.0. The van der Waals surface area contributed by atoms with Gasteiger partial charge in [-0.3, -0.25) is 14.9 Å². The molecule has 9 heteroatoms. The highest BCUT2D eigenvalue weighted by atomic mass is 16.6. The molecule has 186 valence electrons. The van der Waals surface area contributed by atoms with E-state index in [1.807, 2.05) is 48.5 Å². The third-order valence-electron chi connectivity index (χ3n) is 5.98. The Bertz CT molecular complexity index is 1060. The molecule has 0 aromatic heterocycles. The van der Waals surface area contributed by atoms with Crippen LogP contribution in [0.25, 0.3) is 11.1 Å². The Morgan fingerprint density at radius 1 is 0.971 bits per heavy atom. The van der Waals surface area contributed by atoms with Crippen molar-refractivity contribution in [1.29, 1.82) is 0 Å². The fourth-order valence-corrected chi connectivity index (χ4v) is 4.17. The van der Waals surface area contributed by atoms with Gasteiger partial charge in [-0.1, -0.05) is 55.5 Å². The van der Waals surface area contributed by atoms with Gasteiger partial charge in [0.05, 0.1) is 12.5 Å². The van der Waals surface area contributed by atoms with Gasteiger partial charge >= 0.3 is 18.0 Å². The van der Waals surface area contributed by atoms with Crippen LogP contribution in [0.5, 0.6) is 0 Å². The van der Waals surface area contributed by atoms with Gasteiger partial charge in [-0.2, -0.15) is 0 Å². The molecule has 9 nitrogen and oxygen atoms in total. The zero-order valence-corrected chi connectivity index (χ0v) is 20.0. The summed E-state index contributed by atoms with van der Waals surface area (Å²) in [5, 5.41) is 11.5. The van der Waals surface area contributed by atoms with E-state index in [1.165, 1.54) is 11.8 Å². The number of aliphatic carboxylic acids is 1. The van der Waals surface area contributed by atoms with Crippen LogP contribution in [-0.4, -0.2) is 66.3 Å². The Morgan fingerprint density at radius 3 is 2.06 bits per heavy atom.